The molecule has 0 amide bonds. The molecule has 5 aliphatic carbocycles. The Bertz CT molecular complexity index is 1160. The van der Waals surface area contributed by atoms with Gasteiger partial charge >= 0.3 is 0 Å². The highest BCUT2D eigenvalue weighted by Crippen LogP contribution is 2.60. The third kappa shape index (κ3) is 5.19. The van der Waals surface area contributed by atoms with Crippen LogP contribution in [0.25, 0.3) is 0 Å². The van der Waals surface area contributed by atoms with Crippen LogP contribution in [-0.4, -0.2) is 46.9 Å². The lowest BCUT2D eigenvalue weighted by atomic mass is 9.47. The van der Waals surface area contributed by atoms with E-state index < -0.39 is 0 Å². The van der Waals surface area contributed by atoms with Crippen molar-refractivity contribution in [1.29, 1.82) is 5.26 Å². The minimum atomic E-state index is -0.0992. The van der Waals surface area contributed by atoms with Crippen LogP contribution in [0.5, 0.6) is 5.75 Å². The number of anilines is 2. The van der Waals surface area contributed by atoms with Crippen molar-refractivity contribution in [2.75, 3.05) is 24.3 Å². The van der Waals surface area contributed by atoms with Gasteiger partial charge < -0.3 is 25.8 Å². The molecular formula is C30H40N6O2. The van der Waals surface area contributed by atoms with Crippen LogP contribution in [0.1, 0.15) is 68.9 Å². The average Bonchev–Trinajstić information content (AvgIpc) is 2.93. The highest BCUT2D eigenvalue weighted by Gasteiger charge is 2.55. The SMILES string of the molecule is COc1ccccc1CNc1ncc(C#N)c(NCC23CC4C[C@H](C2)C(NC2CCC(O)CC2)[C@@H](C4)C3)n1. The Balaban J connectivity index is 1.10. The summed E-state index contributed by atoms with van der Waals surface area (Å²) in [6, 6.07) is 11.3. The lowest BCUT2D eigenvalue weighted by Gasteiger charge is -2.61. The number of methoxy groups -OCH3 is 1. The maximum absolute atomic E-state index is 9.91. The lowest BCUT2D eigenvalue weighted by molar-refractivity contribution is -0.0737. The fourth-order valence-corrected chi connectivity index (χ4v) is 8.17. The van der Waals surface area contributed by atoms with Crippen molar-refractivity contribution < 1.29 is 9.84 Å². The van der Waals surface area contributed by atoms with Gasteiger partial charge in [-0.3, -0.25) is 0 Å². The van der Waals surface area contributed by atoms with E-state index in [2.05, 4.69) is 27.0 Å². The van der Waals surface area contributed by atoms with Gasteiger partial charge in [-0.1, -0.05) is 18.2 Å². The Morgan fingerprint density at radius 3 is 2.58 bits per heavy atom. The molecule has 0 aliphatic heterocycles. The summed E-state index contributed by atoms with van der Waals surface area (Å²) in [5, 5.41) is 30.6. The van der Waals surface area contributed by atoms with Crippen LogP contribution in [0.4, 0.5) is 11.8 Å². The lowest BCUT2D eigenvalue weighted by Crippen LogP contribution is -2.61. The molecule has 4 N–H and O–H groups in total. The summed E-state index contributed by atoms with van der Waals surface area (Å²) in [4.78, 5) is 9.08. The molecule has 5 fully saturated rings. The molecule has 3 unspecified atom stereocenters. The van der Waals surface area contributed by atoms with Crippen molar-refractivity contribution in [1.82, 2.24) is 15.3 Å². The molecule has 5 atom stereocenters. The molecule has 1 aromatic carbocycles. The van der Waals surface area contributed by atoms with Gasteiger partial charge in [0.15, 0.2) is 0 Å². The first-order valence-corrected chi connectivity index (χ1v) is 14.3. The molecule has 8 heteroatoms. The topological polar surface area (TPSA) is 115 Å². The summed E-state index contributed by atoms with van der Waals surface area (Å²) < 4.78 is 5.45. The van der Waals surface area contributed by atoms with E-state index in [1.54, 1.807) is 13.3 Å². The molecule has 2 aromatic rings. The van der Waals surface area contributed by atoms with E-state index in [0.717, 1.165) is 61.3 Å². The molecule has 5 saturated carbocycles. The van der Waals surface area contributed by atoms with E-state index in [4.69, 9.17) is 9.72 Å². The third-order valence-electron chi connectivity index (χ3n) is 9.69. The molecule has 8 nitrogen and oxygen atoms in total. The quantitative estimate of drug-likeness (QED) is 0.386. The van der Waals surface area contributed by atoms with E-state index >= 15 is 0 Å². The summed E-state index contributed by atoms with van der Waals surface area (Å²) in [6.45, 7) is 1.40. The standard InChI is InChI=1S/C30H40N6O2/c1-38-26-5-3-2-4-20(26)16-32-29-33-17-23(15-31)28(36-29)34-18-30-12-19-10-21(13-30)27(22(11-19)14-30)35-24-6-8-25(37)9-7-24/h2-5,17,19,21-22,24-25,27,35,37H,6-14,16,18H2,1H3,(H2,32,33,34,36)/t19?,21-,22+,24?,25?,27?,30?. The minimum absolute atomic E-state index is 0.0992. The van der Waals surface area contributed by atoms with Crippen LogP contribution in [0.15, 0.2) is 30.5 Å². The monoisotopic (exact) mass is 516 g/mol. The molecule has 0 saturated heterocycles. The predicted octanol–water partition coefficient (Wildman–Crippen LogP) is 4.47. The highest BCUT2D eigenvalue weighted by molar-refractivity contribution is 5.53. The first-order chi connectivity index (χ1) is 18.5. The van der Waals surface area contributed by atoms with Crippen molar-refractivity contribution in [3.8, 4) is 11.8 Å². The van der Waals surface area contributed by atoms with Crippen molar-refractivity contribution >= 4 is 11.8 Å². The number of hydrogen-bond donors (Lipinski definition) is 4. The van der Waals surface area contributed by atoms with Crippen LogP contribution < -0.4 is 20.7 Å². The third-order valence-corrected chi connectivity index (χ3v) is 9.69. The number of nitrogens with one attached hydrogen (secondary N) is 3. The Morgan fingerprint density at radius 1 is 1.08 bits per heavy atom. The molecule has 4 bridgehead atoms. The first kappa shape index (κ1) is 25.4. The van der Waals surface area contributed by atoms with Crippen molar-refractivity contribution in [2.24, 2.45) is 23.2 Å². The zero-order valence-corrected chi connectivity index (χ0v) is 22.3. The van der Waals surface area contributed by atoms with E-state index in [1.165, 1.54) is 32.1 Å². The second-order valence-electron chi connectivity index (χ2n) is 12.3. The van der Waals surface area contributed by atoms with Gasteiger partial charge in [0.1, 0.15) is 23.2 Å². The second-order valence-corrected chi connectivity index (χ2v) is 12.3. The number of aliphatic hydroxyl groups excluding tert-OH is 1. The summed E-state index contributed by atoms with van der Waals surface area (Å²) in [7, 11) is 1.67. The van der Waals surface area contributed by atoms with E-state index in [1.807, 2.05) is 24.3 Å². The zero-order chi connectivity index (χ0) is 26.1. The van der Waals surface area contributed by atoms with Gasteiger partial charge in [0.05, 0.1) is 19.4 Å². The number of aliphatic hydroxyl groups is 1. The molecule has 7 rings (SSSR count). The number of ether oxygens (including phenoxy) is 1. The van der Waals surface area contributed by atoms with Gasteiger partial charge in [-0.05, 0) is 87.0 Å². The number of nitrogens with zero attached hydrogens (tertiary/aromatic N) is 3. The Morgan fingerprint density at radius 2 is 1.84 bits per heavy atom. The molecule has 0 spiro atoms. The highest BCUT2D eigenvalue weighted by atomic mass is 16.5. The summed E-state index contributed by atoms with van der Waals surface area (Å²) in [6.07, 6.45) is 12.0. The van der Waals surface area contributed by atoms with Gasteiger partial charge in [-0.2, -0.15) is 10.2 Å². The van der Waals surface area contributed by atoms with Gasteiger partial charge in [0, 0.05) is 30.7 Å². The van der Waals surface area contributed by atoms with Gasteiger partial charge in [-0.15, -0.1) is 0 Å². The molecule has 1 heterocycles. The number of benzene rings is 1. The van der Waals surface area contributed by atoms with Crippen molar-refractivity contribution in [2.45, 2.75) is 82.5 Å². The molecule has 202 valence electrons. The molecule has 0 radical (unpaired) electrons. The maximum atomic E-state index is 9.91. The maximum Gasteiger partial charge on any atom is 0.224 e. The largest absolute Gasteiger partial charge is 0.496 e. The molecular weight excluding hydrogens is 476 g/mol. The van der Waals surface area contributed by atoms with E-state index in [9.17, 15) is 10.4 Å². The smallest absolute Gasteiger partial charge is 0.224 e. The minimum Gasteiger partial charge on any atom is -0.496 e. The summed E-state index contributed by atoms with van der Waals surface area (Å²) in [5.74, 6) is 4.23. The number of hydrogen-bond acceptors (Lipinski definition) is 8. The summed E-state index contributed by atoms with van der Waals surface area (Å²) >= 11 is 0. The van der Waals surface area contributed by atoms with Crippen LogP contribution in [0, 0.1) is 34.5 Å². The Labute approximate surface area is 225 Å². The summed E-state index contributed by atoms with van der Waals surface area (Å²) in [5.41, 5.74) is 1.79. The van der Waals surface area contributed by atoms with E-state index in [0.29, 0.717) is 36.0 Å². The van der Waals surface area contributed by atoms with E-state index in [-0.39, 0.29) is 11.5 Å². The first-order valence-electron chi connectivity index (χ1n) is 14.3. The zero-order valence-electron chi connectivity index (χ0n) is 22.3. The van der Waals surface area contributed by atoms with Crippen molar-refractivity contribution in [3.63, 3.8) is 0 Å². The number of aromatic nitrogens is 2. The Hall–Kier alpha value is -2.89. The van der Waals surface area contributed by atoms with Gasteiger partial charge in [0.25, 0.3) is 0 Å². The fourth-order valence-electron chi connectivity index (χ4n) is 8.17. The Kier molecular flexibility index (Phi) is 7.15. The second kappa shape index (κ2) is 10.7. The predicted molar refractivity (Wildman–Crippen MR) is 147 cm³/mol. The molecule has 5 aliphatic rings. The number of nitriles is 1. The van der Waals surface area contributed by atoms with Crippen LogP contribution >= 0.6 is 0 Å². The normalized spacial score (nSPS) is 33.5. The fraction of sp³-hybridized carbons (Fsp3) is 0.633. The number of rotatable bonds is 9. The van der Waals surface area contributed by atoms with Gasteiger partial charge in [0.2, 0.25) is 5.95 Å². The van der Waals surface area contributed by atoms with Crippen molar-refractivity contribution in [3.05, 3.63) is 41.6 Å². The van der Waals surface area contributed by atoms with Gasteiger partial charge in [-0.25, -0.2) is 4.98 Å². The average molecular weight is 517 g/mol. The molecule has 38 heavy (non-hydrogen) atoms. The van der Waals surface area contributed by atoms with Crippen LogP contribution in [0.3, 0.4) is 0 Å². The number of para-hydroxylation sites is 1. The van der Waals surface area contributed by atoms with Crippen LogP contribution in [0.2, 0.25) is 0 Å². The van der Waals surface area contributed by atoms with Crippen LogP contribution in [-0.2, 0) is 6.54 Å². The molecule has 1 aromatic heterocycles.